The molecule has 1 aromatic carbocycles. The van der Waals surface area contributed by atoms with Gasteiger partial charge in [-0.1, -0.05) is 23.7 Å². The van der Waals surface area contributed by atoms with E-state index in [9.17, 15) is 14.9 Å². The van der Waals surface area contributed by atoms with E-state index in [1.807, 2.05) is 6.92 Å². The predicted molar refractivity (Wildman–Crippen MR) is 84.4 cm³/mol. The van der Waals surface area contributed by atoms with E-state index in [0.717, 1.165) is 9.96 Å². The molecule has 0 aliphatic rings. The monoisotopic (exact) mass is 331 g/mol. The van der Waals surface area contributed by atoms with E-state index in [-0.39, 0.29) is 16.4 Å². The molecule has 3 rings (SSSR count). The third-order valence-electron chi connectivity index (χ3n) is 3.16. The Kier molecular flexibility index (Phi) is 3.71. The van der Waals surface area contributed by atoms with Gasteiger partial charge >= 0.3 is 17.1 Å². The van der Waals surface area contributed by atoms with E-state index in [1.54, 1.807) is 36.4 Å². The van der Waals surface area contributed by atoms with Crippen molar-refractivity contribution in [3.05, 3.63) is 73.6 Å². The van der Waals surface area contributed by atoms with Gasteiger partial charge < -0.3 is 4.74 Å². The number of hydrogen-bond donors (Lipinski definition) is 0. The molecule has 7 nitrogen and oxygen atoms in total. The molecule has 0 unspecified atom stereocenters. The molecule has 0 amide bonds. The first kappa shape index (κ1) is 15.0. The second kappa shape index (κ2) is 5.69. The number of pyridine rings is 1. The number of halogens is 1. The van der Waals surface area contributed by atoms with Gasteiger partial charge in [-0.15, -0.1) is 0 Å². The van der Waals surface area contributed by atoms with Gasteiger partial charge in [-0.3, -0.25) is 19.3 Å². The number of aryl methyl sites for hydroxylation is 1. The van der Waals surface area contributed by atoms with Crippen LogP contribution in [0.5, 0.6) is 11.6 Å². The molecule has 2 heterocycles. The van der Waals surface area contributed by atoms with E-state index in [4.69, 9.17) is 16.3 Å². The molecule has 0 bridgehead atoms. The van der Waals surface area contributed by atoms with Gasteiger partial charge in [-0.2, -0.15) is 4.98 Å². The topological polar surface area (TPSA) is 86.7 Å². The highest BCUT2D eigenvalue weighted by Gasteiger charge is 2.26. The van der Waals surface area contributed by atoms with Crippen LogP contribution in [-0.2, 0) is 0 Å². The van der Waals surface area contributed by atoms with E-state index >= 15 is 0 Å². The van der Waals surface area contributed by atoms with Gasteiger partial charge in [-0.05, 0) is 36.8 Å². The lowest BCUT2D eigenvalue weighted by Crippen LogP contribution is -2.19. The Bertz CT molecular complexity index is 984. The standard InChI is InChI=1S/C15H10ClN3O4/c1-9-5-6-11(10(16)8-9)23-14-13(19(21)22)15(20)18-7-3-2-4-12(18)17-14/h2-8H,1H3. The molecule has 3 aromatic rings. The number of nitrogens with zero attached hydrogens (tertiary/aromatic N) is 3. The number of fused-ring (bicyclic) bond motifs is 1. The van der Waals surface area contributed by atoms with Gasteiger partial charge in [0.2, 0.25) is 0 Å². The Hall–Kier alpha value is -2.93. The van der Waals surface area contributed by atoms with Crippen molar-refractivity contribution in [3.8, 4) is 11.6 Å². The Morgan fingerprint density at radius 2 is 2.09 bits per heavy atom. The second-order valence-electron chi connectivity index (χ2n) is 4.79. The van der Waals surface area contributed by atoms with Gasteiger partial charge in [0.25, 0.3) is 0 Å². The van der Waals surface area contributed by atoms with E-state index < -0.39 is 22.0 Å². The van der Waals surface area contributed by atoms with Crippen molar-refractivity contribution in [2.45, 2.75) is 6.92 Å². The van der Waals surface area contributed by atoms with Crippen LogP contribution < -0.4 is 10.3 Å². The van der Waals surface area contributed by atoms with Crippen LogP contribution in [0.2, 0.25) is 5.02 Å². The molecular formula is C15H10ClN3O4. The molecule has 8 heteroatoms. The predicted octanol–water partition coefficient (Wildman–Crippen LogP) is 3.36. The van der Waals surface area contributed by atoms with Crippen LogP contribution in [0, 0.1) is 17.0 Å². The maximum atomic E-state index is 12.3. The van der Waals surface area contributed by atoms with Crippen molar-refractivity contribution in [1.29, 1.82) is 0 Å². The summed E-state index contributed by atoms with van der Waals surface area (Å²) in [5.74, 6) is -0.204. The summed E-state index contributed by atoms with van der Waals surface area (Å²) in [7, 11) is 0. The summed E-state index contributed by atoms with van der Waals surface area (Å²) in [6.07, 6.45) is 1.40. The minimum absolute atomic E-state index is 0.188. The third-order valence-corrected chi connectivity index (χ3v) is 3.45. The van der Waals surface area contributed by atoms with Crippen molar-refractivity contribution in [2.75, 3.05) is 0 Å². The van der Waals surface area contributed by atoms with Crippen molar-refractivity contribution in [1.82, 2.24) is 9.38 Å². The van der Waals surface area contributed by atoms with Gasteiger partial charge in [0.1, 0.15) is 11.4 Å². The summed E-state index contributed by atoms with van der Waals surface area (Å²) in [4.78, 5) is 26.8. The van der Waals surface area contributed by atoms with Gasteiger partial charge in [0.15, 0.2) is 0 Å². The fourth-order valence-corrected chi connectivity index (χ4v) is 2.35. The zero-order valence-corrected chi connectivity index (χ0v) is 12.6. The second-order valence-corrected chi connectivity index (χ2v) is 5.20. The normalized spacial score (nSPS) is 10.7. The Morgan fingerprint density at radius 1 is 1.30 bits per heavy atom. The summed E-state index contributed by atoms with van der Waals surface area (Å²) < 4.78 is 6.53. The lowest BCUT2D eigenvalue weighted by molar-refractivity contribution is -0.387. The molecular weight excluding hydrogens is 322 g/mol. The van der Waals surface area contributed by atoms with Gasteiger partial charge in [0, 0.05) is 6.20 Å². The Morgan fingerprint density at radius 3 is 2.78 bits per heavy atom. The molecule has 0 spiro atoms. The third kappa shape index (κ3) is 2.74. The molecule has 0 saturated heterocycles. The minimum Gasteiger partial charge on any atom is -0.432 e. The van der Waals surface area contributed by atoms with Crippen LogP contribution in [0.4, 0.5) is 5.69 Å². The first-order valence-electron chi connectivity index (χ1n) is 6.57. The molecule has 116 valence electrons. The number of aromatic nitrogens is 2. The quantitative estimate of drug-likeness (QED) is 0.542. The van der Waals surface area contributed by atoms with Crippen LogP contribution in [0.25, 0.3) is 5.65 Å². The first-order chi connectivity index (χ1) is 11.0. The summed E-state index contributed by atoms with van der Waals surface area (Å²) in [5, 5.41) is 11.5. The molecule has 0 aliphatic carbocycles. The lowest BCUT2D eigenvalue weighted by Gasteiger charge is -2.08. The zero-order valence-electron chi connectivity index (χ0n) is 11.9. The molecule has 2 aromatic heterocycles. The molecule has 0 atom stereocenters. The number of hydrogen-bond acceptors (Lipinski definition) is 5. The summed E-state index contributed by atoms with van der Waals surface area (Å²) >= 11 is 6.06. The number of nitro groups is 1. The summed E-state index contributed by atoms with van der Waals surface area (Å²) in [6, 6.07) is 9.75. The summed E-state index contributed by atoms with van der Waals surface area (Å²) in [5.41, 5.74) is -0.422. The minimum atomic E-state index is -0.821. The van der Waals surface area contributed by atoms with Crippen molar-refractivity contribution < 1.29 is 9.66 Å². The maximum absolute atomic E-state index is 12.3. The molecule has 0 radical (unpaired) electrons. The number of benzene rings is 1. The molecule has 0 N–H and O–H groups in total. The lowest BCUT2D eigenvalue weighted by atomic mass is 10.2. The van der Waals surface area contributed by atoms with Crippen LogP contribution in [0.1, 0.15) is 5.56 Å². The van der Waals surface area contributed by atoms with Crippen molar-refractivity contribution in [3.63, 3.8) is 0 Å². The van der Waals surface area contributed by atoms with Crippen molar-refractivity contribution in [2.24, 2.45) is 0 Å². The molecule has 23 heavy (non-hydrogen) atoms. The van der Waals surface area contributed by atoms with Crippen molar-refractivity contribution >= 4 is 22.9 Å². The van der Waals surface area contributed by atoms with E-state index in [0.29, 0.717) is 0 Å². The van der Waals surface area contributed by atoms with Crippen LogP contribution in [0.3, 0.4) is 0 Å². The zero-order chi connectivity index (χ0) is 16.6. The van der Waals surface area contributed by atoms with Gasteiger partial charge in [-0.25, -0.2) is 0 Å². The van der Waals surface area contributed by atoms with Gasteiger partial charge in [0.05, 0.1) is 9.95 Å². The number of ether oxygens (including phenoxy) is 1. The first-order valence-corrected chi connectivity index (χ1v) is 6.95. The fraction of sp³-hybridized carbons (Fsp3) is 0.0667. The molecule has 0 aliphatic heterocycles. The average molecular weight is 332 g/mol. The highest BCUT2D eigenvalue weighted by molar-refractivity contribution is 6.32. The smallest absolute Gasteiger partial charge is 0.396 e. The molecule has 0 saturated carbocycles. The highest BCUT2D eigenvalue weighted by Crippen LogP contribution is 2.32. The Balaban J connectivity index is 2.21. The SMILES string of the molecule is Cc1ccc(Oc2nc3ccccn3c(=O)c2[N+](=O)[O-])c(Cl)c1. The number of rotatable bonds is 3. The summed E-state index contributed by atoms with van der Waals surface area (Å²) in [6.45, 7) is 1.85. The van der Waals surface area contributed by atoms with Crippen LogP contribution in [0.15, 0.2) is 47.4 Å². The van der Waals surface area contributed by atoms with E-state index in [1.165, 1.54) is 6.20 Å². The highest BCUT2D eigenvalue weighted by atomic mass is 35.5. The van der Waals surface area contributed by atoms with Crippen LogP contribution >= 0.6 is 11.6 Å². The van der Waals surface area contributed by atoms with Crippen LogP contribution in [-0.4, -0.2) is 14.3 Å². The molecule has 0 fully saturated rings. The maximum Gasteiger partial charge on any atom is 0.396 e. The Labute approximate surface area is 134 Å². The largest absolute Gasteiger partial charge is 0.432 e. The average Bonchev–Trinajstić information content (AvgIpc) is 2.50. The van der Waals surface area contributed by atoms with E-state index in [2.05, 4.69) is 4.98 Å². The fourth-order valence-electron chi connectivity index (χ4n) is 2.08.